The van der Waals surface area contributed by atoms with Crippen molar-refractivity contribution in [2.24, 2.45) is 0 Å². The summed E-state index contributed by atoms with van der Waals surface area (Å²) in [6.07, 6.45) is 0.421. The first-order valence-corrected chi connectivity index (χ1v) is 8.66. The van der Waals surface area contributed by atoms with Crippen LogP contribution in [0.2, 0.25) is 0 Å². The molecule has 0 spiro atoms. The number of anilines is 1. The molecule has 5 nitrogen and oxygen atoms in total. The van der Waals surface area contributed by atoms with Gasteiger partial charge in [0.1, 0.15) is 0 Å². The van der Waals surface area contributed by atoms with Gasteiger partial charge in [-0.1, -0.05) is 0 Å². The number of rotatable bonds is 8. The topological polar surface area (TPSA) is 92.4 Å². The number of nitrogens with one attached hydrogen (secondary N) is 1. The van der Waals surface area contributed by atoms with Gasteiger partial charge in [0.15, 0.2) is 0 Å². The molecular formula is C12H20N2O3S2. The number of nitrogens with two attached hydrogens (primary N) is 1. The van der Waals surface area contributed by atoms with Crippen LogP contribution in [-0.4, -0.2) is 37.7 Å². The molecular weight excluding hydrogens is 284 g/mol. The van der Waals surface area contributed by atoms with Crippen LogP contribution in [0.1, 0.15) is 13.3 Å². The van der Waals surface area contributed by atoms with Gasteiger partial charge in [0, 0.05) is 29.0 Å². The van der Waals surface area contributed by atoms with Gasteiger partial charge < -0.3 is 10.8 Å². The van der Waals surface area contributed by atoms with Gasteiger partial charge in [-0.15, -0.1) is 11.8 Å². The number of aliphatic hydroxyl groups is 1. The highest BCUT2D eigenvalue weighted by atomic mass is 32.2. The first kappa shape index (κ1) is 16.3. The Morgan fingerprint density at radius 3 is 2.58 bits per heavy atom. The van der Waals surface area contributed by atoms with Gasteiger partial charge in [-0.05, 0) is 37.6 Å². The predicted octanol–water partition coefficient (Wildman–Crippen LogP) is 1.05. The van der Waals surface area contributed by atoms with Crippen LogP contribution in [-0.2, 0) is 10.0 Å². The molecule has 1 unspecified atom stereocenters. The SMILES string of the molecule is CC(CCO)NS(=O)(=O)CCSc1ccc(N)cc1. The third-order valence-electron chi connectivity index (χ3n) is 2.44. The minimum atomic E-state index is -3.29. The summed E-state index contributed by atoms with van der Waals surface area (Å²) in [5.74, 6) is 0.531. The molecule has 1 rings (SSSR count). The molecule has 1 atom stereocenters. The van der Waals surface area contributed by atoms with Crippen molar-refractivity contribution in [3.63, 3.8) is 0 Å². The highest BCUT2D eigenvalue weighted by molar-refractivity contribution is 8.00. The molecule has 4 N–H and O–H groups in total. The summed E-state index contributed by atoms with van der Waals surface area (Å²) in [5.41, 5.74) is 6.26. The van der Waals surface area contributed by atoms with Gasteiger partial charge in [-0.3, -0.25) is 0 Å². The fraction of sp³-hybridized carbons (Fsp3) is 0.500. The molecule has 1 aromatic rings. The monoisotopic (exact) mass is 304 g/mol. The van der Waals surface area contributed by atoms with E-state index in [0.717, 1.165) is 4.90 Å². The van der Waals surface area contributed by atoms with Crippen LogP contribution >= 0.6 is 11.8 Å². The normalized spacial score (nSPS) is 13.4. The minimum Gasteiger partial charge on any atom is -0.399 e. The van der Waals surface area contributed by atoms with E-state index < -0.39 is 10.0 Å². The van der Waals surface area contributed by atoms with Crippen molar-refractivity contribution in [3.8, 4) is 0 Å². The average Bonchev–Trinajstić information content (AvgIpc) is 2.31. The fourth-order valence-electron chi connectivity index (χ4n) is 1.45. The van der Waals surface area contributed by atoms with E-state index in [-0.39, 0.29) is 18.4 Å². The van der Waals surface area contributed by atoms with Crippen LogP contribution in [0.5, 0.6) is 0 Å². The molecule has 108 valence electrons. The second-order valence-electron chi connectivity index (χ2n) is 4.27. The summed E-state index contributed by atoms with van der Waals surface area (Å²) < 4.78 is 26.0. The van der Waals surface area contributed by atoms with E-state index in [0.29, 0.717) is 17.9 Å². The molecule has 0 aliphatic rings. The Balaban J connectivity index is 2.37. The van der Waals surface area contributed by atoms with Crippen LogP contribution in [0.25, 0.3) is 0 Å². The molecule has 0 aliphatic heterocycles. The lowest BCUT2D eigenvalue weighted by molar-refractivity contribution is 0.275. The Labute approximate surface area is 118 Å². The summed E-state index contributed by atoms with van der Waals surface area (Å²) in [6, 6.07) is 7.08. The van der Waals surface area contributed by atoms with Crippen molar-refractivity contribution in [2.75, 3.05) is 23.8 Å². The average molecular weight is 304 g/mol. The predicted molar refractivity (Wildman–Crippen MR) is 79.7 cm³/mol. The minimum absolute atomic E-state index is 0.0239. The number of nitrogen functional groups attached to an aromatic ring is 1. The number of hydrogen-bond acceptors (Lipinski definition) is 5. The lowest BCUT2D eigenvalue weighted by Crippen LogP contribution is -2.35. The molecule has 0 saturated heterocycles. The Morgan fingerprint density at radius 2 is 2.00 bits per heavy atom. The Morgan fingerprint density at radius 1 is 1.37 bits per heavy atom. The van der Waals surface area contributed by atoms with Gasteiger partial charge in [-0.25, -0.2) is 13.1 Å². The lowest BCUT2D eigenvalue weighted by atomic mass is 10.3. The molecule has 0 aliphatic carbocycles. The standard InChI is InChI=1S/C12H20N2O3S2/c1-10(6-7-15)14-19(16,17)9-8-18-12-4-2-11(13)3-5-12/h2-5,10,14-15H,6-9,13H2,1H3. The number of aliphatic hydroxyl groups excluding tert-OH is 1. The van der Waals surface area contributed by atoms with E-state index in [2.05, 4.69) is 4.72 Å². The molecule has 19 heavy (non-hydrogen) atoms. The number of sulfonamides is 1. The third kappa shape index (κ3) is 6.81. The van der Waals surface area contributed by atoms with Crippen molar-refractivity contribution in [2.45, 2.75) is 24.3 Å². The lowest BCUT2D eigenvalue weighted by Gasteiger charge is -2.12. The highest BCUT2D eigenvalue weighted by Crippen LogP contribution is 2.19. The zero-order valence-electron chi connectivity index (χ0n) is 10.9. The van der Waals surface area contributed by atoms with Gasteiger partial charge in [-0.2, -0.15) is 0 Å². The van der Waals surface area contributed by atoms with E-state index in [1.807, 2.05) is 12.1 Å². The first-order valence-electron chi connectivity index (χ1n) is 6.02. The van der Waals surface area contributed by atoms with Crippen molar-refractivity contribution < 1.29 is 13.5 Å². The molecule has 0 aromatic heterocycles. The summed E-state index contributed by atoms with van der Waals surface area (Å²) in [4.78, 5) is 0.993. The Bertz CT molecular complexity index is 474. The summed E-state index contributed by atoms with van der Waals surface area (Å²) in [6.45, 7) is 1.71. The largest absolute Gasteiger partial charge is 0.399 e. The van der Waals surface area contributed by atoms with E-state index in [1.165, 1.54) is 11.8 Å². The molecule has 0 amide bonds. The molecule has 0 radical (unpaired) electrons. The van der Waals surface area contributed by atoms with E-state index >= 15 is 0 Å². The molecule has 1 aromatic carbocycles. The Hall–Kier alpha value is -0.760. The van der Waals surface area contributed by atoms with Gasteiger partial charge in [0.25, 0.3) is 0 Å². The van der Waals surface area contributed by atoms with Gasteiger partial charge in [0.2, 0.25) is 10.0 Å². The van der Waals surface area contributed by atoms with Crippen LogP contribution in [0.15, 0.2) is 29.2 Å². The van der Waals surface area contributed by atoms with Crippen molar-refractivity contribution >= 4 is 27.5 Å². The maximum Gasteiger partial charge on any atom is 0.212 e. The molecule has 7 heteroatoms. The van der Waals surface area contributed by atoms with Crippen molar-refractivity contribution in [1.82, 2.24) is 4.72 Å². The maximum atomic E-state index is 11.7. The first-order chi connectivity index (χ1) is 8.93. The number of benzene rings is 1. The van der Waals surface area contributed by atoms with Crippen LogP contribution in [0.3, 0.4) is 0 Å². The van der Waals surface area contributed by atoms with Crippen LogP contribution in [0, 0.1) is 0 Å². The molecule has 0 saturated carbocycles. The highest BCUT2D eigenvalue weighted by Gasteiger charge is 2.13. The van der Waals surface area contributed by atoms with E-state index in [9.17, 15) is 8.42 Å². The third-order valence-corrected chi connectivity index (χ3v) is 5.22. The van der Waals surface area contributed by atoms with E-state index in [4.69, 9.17) is 10.8 Å². The maximum absolute atomic E-state index is 11.7. The summed E-state index contributed by atoms with van der Waals surface area (Å²) in [7, 11) is -3.29. The number of hydrogen-bond donors (Lipinski definition) is 3. The van der Waals surface area contributed by atoms with Gasteiger partial charge >= 0.3 is 0 Å². The zero-order valence-corrected chi connectivity index (χ0v) is 12.5. The van der Waals surface area contributed by atoms with E-state index in [1.54, 1.807) is 19.1 Å². The zero-order chi connectivity index (χ0) is 14.3. The Kier molecular flexibility index (Phi) is 6.64. The van der Waals surface area contributed by atoms with Crippen LogP contribution in [0.4, 0.5) is 5.69 Å². The second kappa shape index (κ2) is 7.74. The van der Waals surface area contributed by atoms with Crippen molar-refractivity contribution in [3.05, 3.63) is 24.3 Å². The summed E-state index contributed by atoms with van der Waals surface area (Å²) in [5, 5.41) is 8.73. The fourth-order valence-corrected chi connectivity index (χ4v) is 4.08. The molecule has 0 heterocycles. The van der Waals surface area contributed by atoms with Crippen molar-refractivity contribution in [1.29, 1.82) is 0 Å². The quantitative estimate of drug-likeness (QED) is 0.493. The number of thioether (sulfide) groups is 1. The van der Waals surface area contributed by atoms with Gasteiger partial charge in [0.05, 0.1) is 5.75 Å². The molecule has 0 fully saturated rings. The van der Waals surface area contributed by atoms with Crippen LogP contribution < -0.4 is 10.5 Å². The molecule has 0 bridgehead atoms. The smallest absolute Gasteiger partial charge is 0.212 e. The summed E-state index contributed by atoms with van der Waals surface area (Å²) >= 11 is 1.47. The second-order valence-corrected chi connectivity index (χ2v) is 7.31.